The summed E-state index contributed by atoms with van der Waals surface area (Å²) in [7, 11) is 0. The molecule has 1 aliphatic rings. The monoisotopic (exact) mass is 367 g/mol. The smallest absolute Gasteiger partial charge is 0.271 e. The topological polar surface area (TPSA) is 63.5 Å². The molecule has 0 aliphatic heterocycles. The largest absolute Gasteiger partial charge is 0.322 e. The fourth-order valence-electron chi connectivity index (χ4n) is 3.37. The Hall–Kier alpha value is -2.47. The molecule has 0 atom stereocenters. The summed E-state index contributed by atoms with van der Waals surface area (Å²) < 4.78 is 1.63. The maximum absolute atomic E-state index is 12.9. The second kappa shape index (κ2) is 6.68. The van der Waals surface area contributed by atoms with Gasteiger partial charge in [0.2, 0.25) is 0 Å². The zero-order chi connectivity index (χ0) is 18.3. The summed E-state index contributed by atoms with van der Waals surface area (Å²) in [5, 5.41) is 2.81. The van der Waals surface area contributed by atoms with Crippen LogP contribution in [0, 0.1) is 0 Å². The van der Waals surface area contributed by atoms with E-state index in [0.29, 0.717) is 16.6 Å². The Bertz CT molecular complexity index is 1030. The average molecular weight is 367 g/mol. The van der Waals surface area contributed by atoms with Gasteiger partial charge in [-0.15, -0.1) is 11.3 Å². The van der Waals surface area contributed by atoms with Crippen LogP contribution in [0.25, 0.3) is 4.96 Å². The van der Waals surface area contributed by atoms with Crippen LogP contribution in [0.2, 0.25) is 0 Å². The van der Waals surface area contributed by atoms with Crippen LogP contribution in [0.4, 0.5) is 5.69 Å². The molecule has 2 heterocycles. The lowest BCUT2D eigenvalue weighted by Gasteiger charge is -2.11. The Morgan fingerprint density at radius 2 is 1.92 bits per heavy atom. The van der Waals surface area contributed by atoms with Crippen LogP contribution in [-0.2, 0) is 12.8 Å². The molecular weight excluding hydrogens is 346 g/mol. The van der Waals surface area contributed by atoms with E-state index < -0.39 is 5.91 Å². The van der Waals surface area contributed by atoms with Crippen LogP contribution in [0.1, 0.15) is 59.1 Å². The van der Waals surface area contributed by atoms with Gasteiger partial charge in [0.1, 0.15) is 5.56 Å². The molecule has 0 unspecified atom stereocenters. The molecule has 0 spiro atoms. The van der Waals surface area contributed by atoms with Crippen molar-refractivity contribution in [1.82, 2.24) is 9.38 Å². The van der Waals surface area contributed by atoms with Crippen LogP contribution < -0.4 is 10.9 Å². The van der Waals surface area contributed by atoms with E-state index in [2.05, 4.69) is 24.1 Å². The molecule has 0 saturated heterocycles. The van der Waals surface area contributed by atoms with Gasteiger partial charge in [-0.3, -0.25) is 14.0 Å². The minimum absolute atomic E-state index is 0.0848. The van der Waals surface area contributed by atoms with Gasteiger partial charge in [0.15, 0.2) is 4.96 Å². The van der Waals surface area contributed by atoms with Crippen LogP contribution in [0.3, 0.4) is 0 Å². The number of fused-ring (bicyclic) bond motifs is 3. The Morgan fingerprint density at radius 3 is 2.65 bits per heavy atom. The predicted octanol–water partition coefficient (Wildman–Crippen LogP) is 4.01. The maximum Gasteiger partial charge on any atom is 0.271 e. The lowest BCUT2D eigenvalue weighted by molar-refractivity contribution is 0.102. The molecule has 26 heavy (non-hydrogen) atoms. The molecule has 0 bridgehead atoms. The van der Waals surface area contributed by atoms with Crippen LogP contribution in [0.15, 0.2) is 35.3 Å². The van der Waals surface area contributed by atoms with E-state index in [1.165, 1.54) is 16.6 Å². The number of hydrogen-bond donors (Lipinski definition) is 1. The Balaban J connectivity index is 1.66. The van der Waals surface area contributed by atoms with Crippen molar-refractivity contribution in [3.05, 3.63) is 62.5 Å². The number of amides is 1. The third kappa shape index (κ3) is 2.94. The summed E-state index contributed by atoms with van der Waals surface area (Å²) in [4.78, 5) is 31.8. The van der Waals surface area contributed by atoms with Gasteiger partial charge in [0.05, 0.1) is 0 Å². The molecule has 1 N–H and O–H groups in total. The molecule has 2 aromatic heterocycles. The summed E-state index contributed by atoms with van der Waals surface area (Å²) in [5.41, 5.74) is 2.73. The van der Waals surface area contributed by atoms with Crippen molar-refractivity contribution in [2.24, 2.45) is 0 Å². The van der Waals surface area contributed by atoms with Crippen molar-refractivity contribution >= 4 is 27.9 Å². The minimum Gasteiger partial charge on any atom is -0.322 e. The van der Waals surface area contributed by atoms with Crippen LogP contribution in [0.5, 0.6) is 0 Å². The van der Waals surface area contributed by atoms with E-state index in [1.807, 2.05) is 24.3 Å². The summed E-state index contributed by atoms with van der Waals surface area (Å²) in [6.45, 7) is 4.24. The van der Waals surface area contributed by atoms with Crippen LogP contribution >= 0.6 is 11.3 Å². The fourth-order valence-corrected chi connectivity index (χ4v) is 4.54. The van der Waals surface area contributed by atoms with Gasteiger partial charge in [0.25, 0.3) is 11.5 Å². The average Bonchev–Trinajstić information content (AvgIpc) is 3.01. The maximum atomic E-state index is 12.9. The highest BCUT2D eigenvalue weighted by Gasteiger charge is 2.21. The molecule has 1 aliphatic carbocycles. The number of benzene rings is 1. The number of rotatable bonds is 3. The molecule has 5 nitrogen and oxygen atoms in total. The molecule has 6 heteroatoms. The van der Waals surface area contributed by atoms with E-state index in [4.69, 9.17) is 0 Å². The van der Waals surface area contributed by atoms with Gasteiger partial charge in [-0.05, 0) is 49.3 Å². The third-order valence-corrected chi connectivity index (χ3v) is 6.04. The van der Waals surface area contributed by atoms with Gasteiger partial charge in [-0.1, -0.05) is 26.0 Å². The van der Waals surface area contributed by atoms with Crippen molar-refractivity contribution in [3.8, 4) is 0 Å². The molecule has 0 saturated carbocycles. The molecular formula is C20H21N3O2S. The van der Waals surface area contributed by atoms with Gasteiger partial charge < -0.3 is 5.32 Å². The third-order valence-electron chi connectivity index (χ3n) is 4.88. The number of nitrogens with zero attached hydrogens (tertiary/aromatic N) is 2. The summed E-state index contributed by atoms with van der Waals surface area (Å²) in [6.07, 6.45) is 5.49. The zero-order valence-electron chi connectivity index (χ0n) is 14.9. The molecule has 1 aromatic carbocycles. The van der Waals surface area contributed by atoms with Gasteiger partial charge in [-0.2, -0.15) is 0 Å². The number of carbonyl (C=O) groups is 1. The van der Waals surface area contributed by atoms with Crippen LogP contribution in [-0.4, -0.2) is 15.3 Å². The Morgan fingerprint density at radius 1 is 1.19 bits per heavy atom. The minimum atomic E-state index is -0.412. The highest BCUT2D eigenvalue weighted by Crippen LogP contribution is 2.28. The van der Waals surface area contributed by atoms with E-state index in [1.54, 1.807) is 15.7 Å². The Kier molecular flexibility index (Phi) is 4.36. The van der Waals surface area contributed by atoms with E-state index in [-0.39, 0.29) is 11.1 Å². The van der Waals surface area contributed by atoms with Crippen molar-refractivity contribution in [3.63, 3.8) is 0 Å². The first kappa shape index (κ1) is 17.0. The van der Waals surface area contributed by atoms with Gasteiger partial charge in [0, 0.05) is 22.5 Å². The summed E-state index contributed by atoms with van der Waals surface area (Å²) in [6, 6.07) is 7.71. The van der Waals surface area contributed by atoms with E-state index >= 15 is 0 Å². The number of aryl methyl sites for hydroxylation is 2. The van der Waals surface area contributed by atoms with E-state index in [0.717, 1.165) is 31.4 Å². The number of carbonyl (C=O) groups excluding carboxylic acids is 1. The first-order valence-corrected chi connectivity index (χ1v) is 9.80. The van der Waals surface area contributed by atoms with Gasteiger partial charge >= 0.3 is 0 Å². The molecule has 4 rings (SSSR count). The molecule has 0 radical (unpaired) electrons. The highest BCUT2D eigenvalue weighted by atomic mass is 32.1. The normalized spacial score (nSPS) is 13.8. The molecule has 134 valence electrons. The zero-order valence-corrected chi connectivity index (χ0v) is 15.7. The van der Waals surface area contributed by atoms with E-state index in [9.17, 15) is 9.59 Å². The predicted molar refractivity (Wildman–Crippen MR) is 104 cm³/mol. The molecule has 0 fully saturated rings. The number of aromatic nitrogens is 2. The number of thiazole rings is 1. The second-order valence-corrected chi connectivity index (χ2v) is 8.07. The number of nitrogens with one attached hydrogen (secondary N) is 1. The van der Waals surface area contributed by atoms with Crippen molar-refractivity contribution in [2.75, 3.05) is 5.32 Å². The summed E-state index contributed by atoms with van der Waals surface area (Å²) in [5.74, 6) is 0.0192. The van der Waals surface area contributed by atoms with Crippen molar-refractivity contribution in [1.29, 1.82) is 0 Å². The van der Waals surface area contributed by atoms with Crippen molar-refractivity contribution < 1.29 is 4.79 Å². The highest BCUT2D eigenvalue weighted by molar-refractivity contribution is 7.17. The fraction of sp³-hybridized carbons (Fsp3) is 0.350. The number of hydrogen-bond acceptors (Lipinski definition) is 4. The SMILES string of the molecule is CC(C)c1ccc(NC(=O)c2cnc3sc4c(n3c2=O)CCCC4)cc1. The van der Waals surface area contributed by atoms with Gasteiger partial charge in [-0.25, -0.2) is 4.98 Å². The molecule has 3 aromatic rings. The first-order chi connectivity index (χ1) is 12.5. The lowest BCUT2D eigenvalue weighted by Crippen LogP contribution is -2.27. The Labute approximate surface area is 155 Å². The standard InChI is InChI=1S/C20H21N3O2S/c1-12(2)13-7-9-14(10-8-13)22-18(24)15-11-21-20-23(19(15)25)16-5-3-4-6-17(16)26-20/h7-12H,3-6H2,1-2H3,(H,22,24). The number of anilines is 1. The second-order valence-electron chi connectivity index (χ2n) is 7.00. The van der Waals surface area contributed by atoms with Crippen molar-refractivity contribution in [2.45, 2.75) is 45.4 Å². The quantitative estimate of drug-likeness (QED) is 0.761. The molecule has 1 amide bonds. The summed E-state index contributed by atoms with van der Waals surface area (Å²) >= 11 is 1.56. The lowest BCUT2D eigenvalue weighted by atomic mass is 10.0. The first-order valence-electron chi connectivity index (χ1n) is 8.98.